The monoisotopic (exact) mass is 598 g/mol. The number of aromatic nitrogens is 2. The third kappa shape index (κ3) is 6.20. The van der Waals surface area contributed by atoms with Gasteiger partial charge in [-0.3, -0.25) is 14.9 Å². The molecule has 0 bridgehead atoms. The molecule has 1 heterocycles. The minimum absolute atomic E-state index is 0.00464. The first kappa shape index (κ1) is 27.3. The molecule has 4 rings (SSSR count). The molecule has 0 amide bonds. The maximum Gasteiger partial charge on any atom is 0.315 e. The summed E-state index contributed by atoms with van der Waals surface area (Å²) in [6.45, 7) is 4.09. The summed E-state index contributed by atoms with van der Waals surface area (Å²) >= 11 is 9.32. The zero-order valence-electron chi connectivity index (χ0n) is 20.7. The number of rotatable bonds is 10. The Balaban J connectivity index is 1.75. The molecule has 9 nitrogen and oxygen atoms in total. The molecule has 0 spiro atoms. The largest absolute Gasteiger partial charge is 0.490 e. The highest BCUT2D eigenvalue weighted by Crippen LogP contribution is 2.39. The lowest BCUT2D eigenvalue weighted by Gasteiger charge is -2.13. The predicted molar refractivity (Wildman–Crippen MR) is 151 cm³/mol. The van der Waals surface area contributed by atoms with Crippen LogP contribution in [-0.4, -0.2) is 27.4 Å². The molecule has 0 aliphatic rings. The van der Waals surface area contributed by atoms with Crippen molar-refractivity contribution in [3.05, 3.63) is 102 Å². The van der Waals surface area contributed by atoms with E-state index in [0.717, 1.165) is 16.5 Å². The summed E-state index contributed by atoms with van der Waals surface area (Å²) in [6.07, 6.45) is 2.66. The summed E-state index contributed by atoms with van der Waals surface area (Å²) in [5.74, 6) is 0.690. The molecule has 4 aromatic rings. The highest BCUT2D eigenvalue weighted by Gasteiger charge is 2.23. The SMILES string of the molecule is CCCc1nc2ccc(Br)cc2c(=O)n1N=Cc1cc(OCC)c(OCc2ccc(Cl)cc2)c([N+](=O)[O-])c1. The summed E-state index contributed by atoms with van der Waals surface area (Å²) in [5, 5.41) is 17.3. The molecule has 0 saturated heterocycles. The van der Waals surface area contributed by atoms with Gasteiger partial charge in [-0.25, -0.2) is 4.98 Å². The van der Waals surface area contributed by atoms with Gasteiger partial charge in [0.2, 0.25) is 5.75 Å². The van der Waals surface area contributed by atoms with Crippen LogP contribution in [0.4, 0.5) is 5.69 Å². The second-order valence-corrected chi connectivity index (χ2v) is 9.63. The molecular formula is C27H24BrClN4O5. The Morgan fingerprint density at radius 1 is 1.13 bits per heavy atom. The van der Waals surface area contributed by atoms with Crippen molar-refractivity contribution in [2.75, 3.05) is 6.61 Å². The van der Waals surface area contributed by atoms with E-state index in [1.54, 1.807) is 49.4 Å². The van der Waals surface area contributed by atoms with Gasteiger partial charge >= 0.3 is 5.69 Å². The summed E-state index contributed by atoms with van der Waals surface area (Å²) in [4.78, 5) is 29.3. The molecule has 0 saturated carbocycles. The average molecular weight is 600 g/mol. The smallest absolute Gasteiger partial charge is 0.315 e. The molecule has 0 radical (unpaired) electrons. The van der Waals surface area contributed by atoms with E-state index in [4.69, 9.17) is 21.1 Å². The maximum atomic E-state index is 13.3. The molecule has 0 aliphatic carbocycles. The van der Waals surface area contributed by atoms with Crippen LogP contribution in [0.1, 0.15) is 37.2 Å². The molecule has 0 aliphatic heterocycles. The number of nitro benzene ring substituents is 1. The van der Waals surface area contributed by atoms with Gasteiger partial charge in [0.1, 0.15) is 12.4 Å². The van der Waals surface area contributed by atoms with Gasteiger partial charge in [0.15, 0.2) is 5.75 Å². The van der Waals surface area contributed by atoms with Crippen LogP contribution in [-0.2, 0) is 13.0 Å². The maximum absolute atomic E-state index is 13.3. The van der Waals surface area contributed by atoms with E-state index in [0.29, 0.717) is 33.7 Å². The van der Waals surface area contributed by atoms with Crippen molar-refractivity contribution in [1.82, 2.24) is 9.66 Å². The number of hydrogen-bond donors (Lipinski definition) is 0. The van der Waals surface area contributed by atoms with Crippen LogP contribution in [0.25, 0.3) is 10.9 Å². The van der Waals surface area contributed by atoms with Gasteiger partial charge in [-0.15, -0.1) is 0 Å². The first-order chi connectivity index (χ1) is 18.3. The van der Waals surface area contributed by atoms with Gasteiger partial charge in [0.05, 0.1) is 28.6 Å². The summed E-state index contributed by atoms with van der Waals surface area (Å²) in [7, 11) is 0. The Kier molecular flexibility index (Phi) is 8.75. The molecule has 3 aromatic carbocycles. The van der Waals surface area contributed by atoms with Gasteiger partial charge < -0.3 is 9.47 Å². The lowest BCUT2D eigenvalue weighted by Crippen LogP contribution is -2.22. The van der Waals surface area contributed by atoms with Gasteiger partial charge in [-0.2, -0.15) is 9.78 Å². The fraction of sp³-hybridized carbons (Fsp3) is 0.222. The number of fused-ring (bicyclic) bond motifs is 1. The van der Waals surface area contributed by atoms with Crippen LogP contribution in [0.5, 0.6) is 11.5 Å². The minimum Gasteiger partial charge on any atom is -0.490 e. The minimum atomic E-state index is -0.541. The zero-order chi connectivity index (χ0) is 27.2. The standard InChI is InChI=1S/C27H24BrClN4O5/c1-3-5-25-31-22-11-8-19(28)14-21(22)27(34)32(25)30-15-18-12-23(33(35)36)26(24(13-18)37-4-2)38-16-17-6-9-20(29)10-7-17/h6-15H,3-5,16H2,1-2H3. The second kappa shape index (κ2) is 12.2. The van der Waals surface area contributed by atoms with E-state index in [9.17, 15) is 14.9 Å². The van der Waals surface area contributed by atoms with Crippen LogP contribution >= 0.6 is 27.5 Å². The Labute approximate surface area is 232 Å². The highest BCUT2D eigenvalue weighted by atomic mass is 79.9. The predicted octanol–water partition coefficient (Wildman–Crippen LogP) is 6.53. The number of nitro groups is 1. The van der Waals surface area contributed by atoms with Gasteiger partial charge in [0.25, 0.3) is 5.56 Å². The average Bonchev–Trinajstić information content (AvgIpc) is 2.89. The number of benzene rings is 3. The number of nitrogens with zero attached hydrogens (tertiary/aromatic N) is 4. The van der Waals surface area contributed by atoms with Crippen molar-refractivity contribution < 1.29 is 14.4 Å². The number of aryl methyl sites for hydroxylation is 1. The van der Waals surface area contributed by atoms with Crippen molar-refractivity contribution in [3.63, 3.8) is 0 Å². The third-order valence-corrected chi connectivity index (χ3v) is 6.27. The summed E-state index contributed by atoms with van der Waals surface area (Å²) < 4.78 is 13.5. The van der Waals surface area contributed by atoms with Crippen LogP contribution < -0.4 is 15.0 Å². The van der Waals surface area contributed by atoms with E-state index in [-0.39, 0.29) is 36.0 Å². The number of halogens is 2. The lowest BCUT2D eigenvalue weighted by molar-refractivity contribution is -0.386. The molecule has 1 aromatic heterocycles. The molecule has 0 fully saturated rings. The normalized spacial score (nSPS) is 11.3. The lowest BCUT2D eigenvalue weighted by atomic mass is 10.1. The quantitative estimate of drug-likeness (QED) is 0.116. The van der Waals surface area contributed by atoms with E-state index in [2.05, 4.69) is 26.0 Å². The highest BCUT2D eigenvalue weighted by molar-refractivity contribution is 9.10. The van der Waals surface area contributed by atoms with Crippen LogP contribution in [0.15, 0.2) is 69.0 Å². The van der Waals surface area contributed by atoms with E-state index < -0.39 is 4.92 Å². The second-order valence-electron chi connectivity index (χ2n) is 8.27. The molecule has 11 heteroatoms. The molecule has 0 unspecified atom stereocenters. The van der Waals surface area contributed by atoms with Gasteiger partial charge in [-0.1, -0.05) is 46.6 Å². The first-order valence-electron chi connectivity index (χ1n) is 11.9. The molecular weight excluding hydrogens is 576 g/mol. The first-order valence-corrected chi connectivity index (χ1v) is 13.1. The van der Waals surface area contributed by atoms with Crippen molar-refractivity contribution in [2.45, 2.75) is 33.3 Å². The Morgan fingerprint density at radius 3 is 2.58 bits per heavy atom. The van der Waals surface area contributed by atoms with E-state index in [1.807, 2.05) is 13.0 Å². The fourth-order valence-corrected chi connectivity index (χ4v) is 4.27. The number of hydrogen-bond acceptors (Lipinski definition) is 7. The van der Waals surface area contributed by atoms with Crippen LogP contribution in [0.3, 0.4) is 0 Å². The van der Waals surface area contributed by atoms with Gasteiger partial charge in [-0.05, 0) is 55.3 Å². The third-order valence-electron chi connectivity index (χ3n) is 5.52. The van der Waals surface area contributed by atoms with Crippen LogP contribution in [0.2, 0.25) is 5.02 Å². The molecule has 0 atom stereocenters. The Morgan fingerprint density at radius 2 is 1.89 bits per heavy atom. The van der Waals surface area contributed by atoms with Crippen LogP contribution in [0, 0.1) is 10.1 Å². The van der Waals surface area contributed by atoms with Crippen molar-refractivity contribution in [1.29, 1.82) is 0 Å². The number of ether oxygens (including phenoxy) is 2. The zero-order valence-corrected chi connectivity index (χ0v) is 23.0. The van der Waals surface area contributed by atoms with E-state index in [1.165, 1.54) is 17.0 Å². The summed E-state index contributed by atoms with van der Waals surface area (Å²) in [5.41, 5.74) is 1.11. The molecule has 38 heavy (non-hydrogen) atoms. The van der Waals surface area contributed by atoms with Crippen molar-refractivity contribution >= 4 is 50.3 Å². The summed E-state index contributed by atoms with van der Waals surface area (Å²) in [6, 6.07) is 15.2. The molecule has 0 N–H and O–H groups in total. The molecule has 196 valence electrons. The Bertz CT molecular complexity index is 1570. The van der Waals surface area contributed by atoms with Gasteiger partial charge in [0, 0.05) is 27.5 Å². The van der Waals surface area contributed by atoms with Crippen molar-refractivity contribution in [3.8, 4) is 11.5 Å². The fourth-order valence-electron chi connectivity index (χ4n) is 3.79. The topological polar surface area (TPSA) is 109 Å². The van der Waals surface area contributed by atoms with Crippen molar-refractivity contribution in [2.24, 2.45) is 5.10 Å². The Hall–Kier alpha value is -3.76. The van der Waals surface area contributed by atoms with E-state index >= 15 is 0 Å².